The zero-order chi connectivity index (χ0) is 15.7. The second-order valence-corrected chi connectivity index (χ2v) is 7.42. The largest absolute Gasteiger partial charge is 0.477 e. The number of carbonyl (C=O) groups is 2. The van der Waals surface area contributed by atoms with Gasteiger partial charge in [-0.1, -0.05) is 13.0 Å². The number of rotatable bonds is 6. The van der Waals surface area contributed by atoms with Crippen molar-refractivity contribution in [2.24, 2.45) is 0 Å². The van der Waals surface area contributed by atoms with Crippen molar-refractivity contribution in [3.8, 4) is 0 Å². The van der Waals surface area contributed by atoms with Crippen molar-refractivity contribution in [2.45, 2.75) is 31.2 Å². The minimum absolute atomic E-state index is 0.0859. The van der Waals surface area contributed by atoms with E-state index in [2.05, 4.69) is 11.4 Å². The molecule has 1 amide bonds. The predicted octanol–water partition coefficient (Wildman–Crippen LogP) is 1.91. The lowest BCUT2D eigenvalue weighted by atomic mass is 10.0. The molecule has 2 aliphatic heterocycles. The van der Waals surface area contributed by atoms with Crippen LogP contribution in [0.1, 0.15) is 18.2 Å². The zero-order valence-corrected chi connectivity index (χ0v) is 13.9. The molecule has 0 bridgehead atoms. The van der Waals surface area contributed by atoms with Crippen molar-refractivity contribution >= 4 is 35.0 Å². The second kappa shape index (κ2) is 6.44. The monoisotopic (exact) mass is 338 g/mol. The van der Waals surface area contributed by atoms with Gasteiger partial charge in [-0.3, -0.25) is 9.69 Å². The van der Waals surface area contributed by atoms with Crippen LogP contribution in [-0.2, 0) is 16.0 Å². The summed E-state index contributed by atoms with van der Waals surface area (Å²) in [6.45, 7) is 2.66. The third kappa shape index (κ3) is 2.68. The van der Waals surface area contributed by atoms with Gasteiger partial charge in [0.2, 0.25) is 5.91 Å². The van der Waals surface area contributed by atoms with Gasteiger partial charge in [-0.15, -0.1) is 23.1 Å². The van der Waals surface area contributed by atoms with Gasteiger partial charge in [0.1, 0.15) is 17.1 Å². The lowest BCUT2D eigenvalue weighted by Crippen LogP contribution is -2.70. The molecular formula is C15H18N2O3S2. The van der Waals surface area contributed by atoms with E-state index in [1.165, 1.54) is 9.78 Å². The molecule has 1 aromatic rings. The molecule has 2 atom stereocenters. The van der Waals surface area contributed by atoms with Crippen molar-refractivity contribution in [3.05, 3.63) is 33.7 Å². The molecular weight excluding hydrogens is 320 g/mol. The number of carboxylic acids is 1. The molecule has 22 heavy (non-hydrogen) atoms. The maximum Gasteiger partial charge on any atom is 0.352 e. The molecule has 5 nitrogen and oxygen atoms in total. The standard InChI is InChI=1S/C15H18N2O3S2/c1-2-9-8-22-14-11(13(18)17(14)12(9)15(19)20)16-6-5-10-4-3-7-21-10/h3-4,7,11,14,16H,2,5-6,8H2,1H3,(H,19,20)/t11-,14-/m1/s1. The topological polar surface area (TPSA) is 69.6 Å². The van der Waals surface area contributed by atoms with Gasteiger partial charge in [-0.25, -0.2) is 4.79 Å². The third-order valence-electron chi connectivity index (χ3n) is 3.99. The number of aliphatic carboxylic acids is 1. The average molecular weight is 338 g/mol. The van der Waals surface area contributed by atoms with Crippen molar-refractivity contribution in [3.63, 3.8) is 0 Å². The lowest BCUT2D eigenvalue weighted by Gasteiger charge is -2.49. The van der Waals surface area contributed by atoms with Gasteiger partial charge < -0.3 is 10.4 Å². The van der Waals surface area contributed by atoms with Crippen LogP contribution in [0.3, 0.4) is 0 Å². The van der Waals surface area contributed by atoms with Gasteiger partial charge in [-0.2, -0.15) is 0 Å². The first-order chi connectivity index (χ1) is 10.6. The Bertz CT molecular complexity index is 612. The number of fused-ring (bicyclic) bond motifs is 1. The van der Waals surface area contributed by atoms with Gasteiger partial charge in [0.25, 0.3) is 0 Å². The zero-order valence-electron chi connectivity index (χ0n) is 12.2. The Morgan fingerprint density at radius 1 is 1.55 bits per heavy atom. The van der Waals surface area contributed by atoms with Gasteiger partial charge in [-0.05, 0) is 29.9 Å². The van der Waals surface area contributed by atoms with E-state index in [-0.39, 0.29) is 23.0 Å². The first kappa shape index (κ1) is 15.6. The third-order valence-corrected chi connectivity index (χ3v) is 6.27. The summed E-state index contributed by atoms with van der Waals surface area (Å²) in [6, 6.07) is 3.83. The van der Waals surface area contributed by atoms with E-state index in [1.807, 2.05) is 18.4 Å². The van der Waals surface area contributed by atoms with Crippen LogP contribution >= 0.6 is 23.1 Å². The van der Waals surface area contributed by atoms with Crippen LogP contribution in [0.4, 0.5) is 0 Å². The van der Waals surface area contributed by atoms with Crippen LogP contribution in [0.25, 0.3) is 0 Å². The predicted molar refractivity (Wildman–Crippen MR) is 87.9 cm³/mol. The number of thioether (sulfide) groups is 1. The molecule has 7 heteroatoms. The molecule has 0 aromatic carbocycles. The van der Waals surface area contributed by atoms with E-state index in [9.17, 15) is 14.7 Å². The van der Waals surface area contributed by atoms with Crippen LogP contribution < -0.4 is 5.32 Å². The Kier molecular flexibility index (Phi) is 4.56. The maximum atomic E-state index is 12.3. The van der Waals surface area contributed by atoms with Crippen LogP contribution in [0.15, 0.2) is 28.8 Å². The van der Waals surface area contributed by atoms with Crippen LogP contribution in [-0.4, -0.2) is 45.6 Å². The number of carbonyl (C=O) groups excluding carboxylic acids is 1. The second-order valence-electron chi connectivity index (χ2n) is 5.28. The summed E-state index contributed by atoms with van der Waals surface area (Å²) < 4.78 is 0. The van der Waals surface area contributed by atoms with Crippen LogP contribution in [0.2, 0.25) is 0 Å². The van der Waals surface area contributed by atoms with Gasteiger partial charge in [0.15, 0.2) is 0 Å². The maximum absolute atomic E-state index is 12.3. The Morgan fingerprint density at radius 3 is 3.00 bits per heavy atom. The fraction of sp³-hybridized carbons (Fsp3) is 0.467. The van der Waals surface area contributed by atoms with Gasteiger partial charge >= 0.3 is 5.97 Å². The van der Waals surface area contributed by atoms with Crippen LogP contribution in [0, 0.1) is 0 Å². The summed E-state index contributed by atoms with van der Waals surface area (Å²) in [5.74, 6) is -0.422. The summed E-state index contributed by atoms with van der Waals surface area (Å²) in [6.07, 6.45) is 1.56. The van der Waals surface area contributed by atoms with Crippen molar-refractivity contribution in [1.29, 1.82) is 0 Å². The number of carboxylic acid groups (broad SMARTS) is 1. The van der Waals surface area contributed by atoms with Crippen molar-refractivity contribution < 1.29 is 14.7 Å². The average Bonchev–Trinajstić information content (AvgIpc) is 3.02. The Hall–Kier alpha value is -1.31. The minimum Gasteiger partial charge on any atom is -0.477 e. The quantitative estimate of drug-likeness (QED) is 0.776. The molecule has 1 saturated heterocycles. The first-order valence-corrected chi connectivity index (χ1v) is 9.22. The molecule has 1 aromatic heterocycles. The molecule has 3 heterocycles. The number of nitrogens with zero attached hydrogens (tertiary/aromatic N) is 1. The number of amides is 1. The molecule has 2 aliphatic rings. The summed E-state index contributed by atoms with van der Waals surface area (Å²) in [4.78, 5) is 26.5. The van der Waals surface area contributed by atoms with E-state index in [4.69, 9.17) is 0 Å². The molecule has 118 valence electrons. The SMILES string of the molecule is CCC1=C(C(=O)O)N2C(=O)[C@@H](NCCc3cccs3)[C@H]2SC1. The molecule has 0 radical (unpaired) electrons. The fourth-order valence-electron chi connectivity index (χ4n) is 2.81. The minimum atomic E-state index is -0.993. The molecule has 1 fully saturated rings. The molecule has 0 saturated carbocycles. The Morgan fingerprint density at radius 2 is 2.36 bits per heavy atom. The van der Waals surface area contributed by atoms with Crippen LogP contribution in [0.5, 0.6) is 0 Å². The van der Waals surface area contributed by atoms with E-state index in [1.54, 1.807) is 23.1 Å². The highest BCUT2D eigenvalue weighted by atomic mass is 32.2. The summed E-state index contributed by atoms with van der Waals surface area (Å²) in [7, 11) is 0. The Labute approximate surface area is 137 Å². The number of hydrogen-bond donors (Lipinski definition) is 2. The molecule has 2 N–H and O–H groups in total. The fourth-order valence-corrected chi connectivity index (χ4v) is 5.00. The molecule has 0 unspecified atom stereocenters. The molecule has 3 rings (SSSR count). The summed E-state index contributed by atoms with van der Waals surface area (Å²) in [5, 5.41) is 14.6. The smallest absolute Gasteiger partial charge is 0.352 e. The van der Waals surface area contributed by atoms with E-state index < -0.39 is 5.97 Å². The van der Waals surface area contributed by atoms with E-state index in [0.717, 1.165) is 18.5 Å². The van der Waals surface area contributed by atoms with Gasteiger partial charge in [0, 0.05) is 17.2 Å². The number of thiophene rings is 1. The van der Waals surface area contributed by atoms with E-state index >= 15 is 0 Å². The Balaban J connectivity index is 1.63. The molecule has 0 spiro atoms. The normalized spacial score (nSPS) is 24.2. The highest BCUT2D eigenvalue weighted by Crippen LogP contribution is 2.40. The first-order valence-electron chi connectivity index (χ1n) is 7.29. The highest BCUT2D eigenvalue weighted by molar-refractivity contribution is 8.00. The highest BCUT2D eigenvalue weighted by Gasteiger charge is 2.52. The van der Waals surface area contributed by atoms with E-state index in [0.29, 0.717) is 12.2 Å². The summed E-state index contributed by atoms with van der Waals surface area (Å²) >= 11 is 3.36. The number of hydrogen-bond acceptors (Lipinski definition) is 5. The van der Waals surface area contributed by atoms with Crippen molar-refractivity contribution in [2.75, 3.05) is 12.3 Å². The lowest BCUT2D eigenvalue weighted by molar-refractivity contribution is -0.149. The number of nitrogens with one attached hydrogen (secondary N) is 1. The molecule has 0 aliphatic carbocycles. The van der Waals surface area contributed by atoms with Crippen molar-refractivity contribution in [1.82, 2.24) is 10.2 Å². The summed E-state index contributed by atoms with van der Waals surface area (Å²) in [5.41, 5.74) is 1.05. The van der Waals surface area contributed by atoms with Gasteiger partial charge in [0.05, 0.1) is 0 Å². The number of β-lactam (4-membered cyclic amide) rings is 1.